The maximum Gasteiger partial charge on any atom is 0.401 e. The van der Waals surface area contributed by atoms with Gasteiger partial charge >= 0.3 is 9.28 Å². The monoisotopic (exact) mass is 387 g/mol. The first-order valence-electron chi connectivity index (χ1n) is 10.6. The third-order valence-electron chi connectivity index (χ3n) is 6.60. The van der Waals surface area contributed by atoms with E-state index in [0.717, 1.165) is 11.8 Å². The van der Waals surface area contributed by atoms with Crippen molar-refractivity contribution in [3.05, 3.63) is 0 Å². The molecule has 0 aliphatic heterocycles. The minimum atomic E-state index is -1.39. The standard InChI is InChI=1S/C21H40ClO2Si/c1-14(2)18-9-7-16(5)11-20(18)23-25(13-22)24-21-12-17(6)8-10-19(21)15(3)4/h14-21H,7-13H2,1-6H3. The first kappa shape index (κ1) is 21.7. The molecule has 0 aromatic heterocycles. The highest BCUT2D eigenvalue weighted by Gasteiger charge is 2.38. The van der Waals surface area contributed by atoms with Crippen molar-refractivity contribution < 1.29 is 8.85 Å². The molecule has 0 spiro atoms. The van der Waals surface area contributed by atoms with E-state index in [4.69, 9.17) is 20.5 Å². The fraction of sp³-hybridized carbons (Fsp3) is 1.00. The molecule has 0 N–H and O–H groups in total. The summed E-state index contributed by atoms with van der Waals surface area (Å²) >= 11 is 6.33. The largest absolute Gasteiger partial charge is 0.401 e. The molecule has 0 aromatic rings. The van der Waals surface area contributed by atoms with E-state index < -0.39 is 9.28 Å². The zero-order valence-corrected chi connectivity index (χ0v) is 19.0. The van der Waals surface area contributed by atoms with Crippen molar-refractivity contribution >= 4 is 20.9 Å². The fourth-order valence-electron chi connectivity index (χ4n) is 4.93. The first-order valence-corrected chi connectivity index (χ1v) is 12.6. The Morgan fingerprint density at radius 2 is 1.20 bits per heavy atom. The molecule has 2 aliphatic carbocycles. The van der Waals surface area contributed by atoms with Crippen LogP contribution in [0.1, 0.15) is 80.1 Å². The van der Waals surface area contributed by atoms with Crippen LogP contribution in [-0.4, -0.2) is 27.0 Å². The molecule has 2 saturated carbocycles. The van der Waals surface area contributed by atoms with Crippen molar-refractivity contribution in [3.63, 3.8) is 0 Å². The van der Waals surface area contributed by atoms with Crippen LogP contribution in [0.5, 0.6) is 0 Å². The summed E-state index contributed by atoms with van der Waals surface area (Å²) in [5, 5.41) is 0. The molecule has 2 rings (SSSR count). The van der Waals surface area contributed by atoms with Crippen LogP contribution in [0.15, 0.2) is 0 Å². The molecule has 1 radical (unpaired) electrons. The van der Waals surface area contributed by atoms with Gasteiger partial charge in [0.1, 0.15) is 0 Å². The van der Waals surface area contributed by atoms with Crippen LogP contribution in [0.3, 0.4) is 0 Å². The Labute approximate surface area is 163 Å². The van der Waals surface area contributed by atoms with Gasteiger partial charge in [-0.15, -0.1) is 11.6 Å². The third-order valence-corrected chi connectivity index (χ3v) is 8.60. The molecule has 2 aliphatic rings. The van der Waals surface area contributed by atoms with Crippen LogP contribution < -0.4 is 0 Å². The number of alkyl halides is 1. The van der Waals surface area contributed by atoms with Crippen LogP contribution in [0.25, 0.3) is 0 Å². The van der Waals surface area contributed by atoms with Crippen molar-refractivity contribution in [3.8, 4) is 0 Å². The molecule has 2 fully saturated rings. The van der Waals surface area contributed by atoms with Crippen LogP contribution in [-0.2, 0) is 8.85 Å². The molecule has 147 valence electrons. The van der Waals surface area contributed by atoms with Crippen molar-refractivity contribution in [2.75, 3.05) is 5.50 Å². The maximum atomic E-state index is 6.60. The van der Waals surface area contributed by atoms with Crippen LogP contribution in [0.4, 0.5) is 0 Å². The second kappa shape index (κ2) is 10.1. The van der Waals surface area contributed by atoms with Crippen molar-refractivity contribution in [1.29, 1.82) is 0 Å². The predicted molar refractivity (Wildman–Crippen MR) is 109 cm³/mol. The van der Waals surface area contributed by atoms with Crippen LogP contribution >= 0.6 is 11.6 Å². The lowest BCUT2D eigenvalue weighted by Gasteiger charge is -2.41. The van der Waals surface area contributed by atoms with E-state index in [0.29, 0.717) is 41.4 Å². The van der Waals surface area contributed by atoms with Gasteiger partial charge in [-0.25, -0.2) is 0 Å². The van der Waals surface area contributed by atoms with E-state index >= 15 is 0 Å². The Hall–Kier alpha value is 0.427. The minimum absolute atomic E-state index is 0.343. The molecule has 0 aromatic carbocycles. The van der Waals surface area contributed by atoms with E-state index in [1.54, 1.807) is 0 Å². The number of hydrogen-bond donors (Lipinski definition) is 0. The van der Waals surface area contributed by atoms with Gasteiger partial charge in [-0.2, -0.15) is 0 Å². The highest BCUT2D eigenvalue weighted by Crippen LogP contribution is 2.38. The third kappa shape index (κ3) is 6.22. The van der Waals surface area contributed by atoms with E-state index in [1.807, 2.05) is 0 Å². The van der Waals surface area contributed by atoms with Gasteiger partial charge < -0.3 is 8.85 Å². The average Bonchev–Trinajstić information content (AvgIpc) is 2.53. The second-order valence-corrected chi connectivity index (χ2v) is 11.8. The fourth-order valence-corrected chi connectivity index (χ4v) is 6.71. The Balaban J connectivity index is 1.99. The molecule has 2 nitrogen and oxygen atoms in total. The molecule has 6 atom stereocenters. The van der Waals surface area contributed by atoms with Gasteiger partial charge in [0.2, 0.25) is 0 Å². The van der Waals surface area contributed by atoms with Gasteiger partial charge in [0, 0.05) is 0 Å². The Bertz CT molecular complexity index is 356. The van der Waals surface area contributed by atoms with Gasteiger partial charge in [-0.3, -0.25) is 0 Å². The zero-order chi connectivity index (χ0) is 18.6. The highest BCUT2D eigenvalue weighted by molar-refractivity contribution is 6.56. The predicted octanol–water partition coefficient (Wildman–Crippen LogP) is 6.21. The topological polar surface area (TPSA) is 18.5 Å². The van der Waals surface area contributed by atoms with Crippen LogP contribution in [0, 0.1) is 35.5 Å². The minimum Gasteiger partial charge on any atom is -0.389 e. The van der Waals surface area contributed by atoms with E-state index in [1.165, 1.54) is 38.5 Å². The molecular weight excluding hydrogens is 348 g/mol. The summed E-state index contributed by atoms with van der Waals surface area (Å²) in [7, 11) is -1.39. The lowest BCUT2D eigenvalue weighted by molar-refractivity contribution is -0.0132. The molecule has 0 amide bonds. The molecule has 0 heterocycles. The SMILES string of the molecule is CC1CCC(C(C)C)C(O[Si](CCl)OC2CC(C)CCC2C(C)C)C1. The van der Waals surface area contributed by atoms with Crippen molar-refractivity contribution in [2.45, 2.75) is 92.3 Å². The normalized spacial score (nSPS) is 37.2. The molecular formula is C21H40ClO2Si. The summed E-state index contributed by atoms with van der Waals surface area (Å²) in [6.07, 6.45) is 8.28. The summed E-state index contributed by atoms with van der Waals surface area (Å²) in [5.74, 6) is 4.19. The number of rotatable bonds is 7. The lowest BCUT2D eigenvalue weighted by Crippen LogP contribution is -2.45. The molecule has 6 unspecified atom stereocenters. The summed E-state index contributed by atoms with van der Waals surface area (Å²) in [5.41, 5.74) is 0.538. The molecule has 4 heteroatoms. The highest BCUT2D eigenvalue weighted by atomic mass is 35.5. The van der Waals surface area contributed by atoms with Crippen LogP contribution in [0.2, 0.25) is 0 Å². The smallest absolute Gasteiger partial charge is 0.389 e. The molecule has 0 saturated heterocycles. The first-order chi connectivity index (χ1) is 11.8. The van der Waals surface area contributed by atoms with Gasteiger partial charge in [0.15, 0.2) is 0 Å². The van der Waals surface area contributed by atoms with Crippen molar-refractivity contribution in [1.82, 2.24) is 0 Å². The second-order valence-electron chi connectivity index (χ2n) is 9.47. The van der Waals surface area contributed by atoms with E-state index in [-0.39, 0.29) is 0 Å². The average molecular weight is 388 g/mol. The Kier molecular flexibility index (Phi) is 8.78. The van der Waals surface area contributed by atoms with Gasteiger partial charge in [0.05, 0.1) is 17.7 Å². The van der Waals surface area contributed by atoms with Gasteiger partial charge in [-0.05, 0) is 61.2 Å². The maximum absolute atomic E-state index is 6.60. The quantitative estimate of drug-likeness (QED) is 0.382. The summed E-state index contributed by atoms with van der Waals surface area (Å²) in [6.45, 7) is 14.1. The van der Waals surface area contributed by atoms with Gasteiger partial charge in [-0.1, -0.05) is 54.4 Å². The number of hydrogen-bond acceptors (Lipinski definition) is 2. The molecule has 0 bridgehead atoms. The van der Waals surface area contributed by atoms with E-state index in [9.17, 15) is 0 Å². The summed E-state index contributed by atoms with van der Waals surface area (Å²) < 4.78 is 13.2. The van der Waals surface area contributed by atoms with Crippen molar-refractivity contribution in [2.24, 2.45) is 35.5 Å². The summed E-state index contributed by atoms with van der Waals surface area (Å²) in [4.78, 5) is 0. The van der Waals surface area contributed by atoms with E-state index in [2.05, 4.69) is 41.5 Å². The Morgan fingerprint density at radius 1 is 0.800 bits per heavy atom. The lowest BCUT2D eigenvalue weighted by atomic mass is 9.75. The number of halogens is 1. The summed E-state index contributed by atoms with van der Waals surface area (Å²) in [6, 6.07) is 0. The molecule has 25 heavy (non-hydrogen) atoms. The Morgan fingerprint density at radius 3 is 1.52 bits per heavy atom. The van der Waals surface area contributed by atoms with Gasteiger partial charge in [0.25, 0.3) is 0 Å². The zero-order valence-electron chi connectivity index (χ0n) is 17.3.